The van der Waals surface area contributed by atoms with Crippen molar-refractivity contribution in [2.45, 2.75) is 26.3 Å². The molecule has 0 aromatic carbocycles. The van der Waals surface area contributed by atoms with E-state index in [9.17, 15) is 4.79 Å². The van der Waals surface area contributed by atoms with Gasteiger partial charge in [-0.25, -0.2) is 4.98 Å². The molecule has 78 valence electrons. The monoisotopic (exact) mass is 276 g/mol. The Morgan fingerprint density at radius 3 is 2.93 bits per heavy atom. The zero-order chi connectivity index (χ0) is 10.6. The predicted molar refractivity (Wildman–Crippen MR) is 64.0 cm³/mol. The predicted octanol–water partition coefficient (Wildman–Crippen LogP) is 2.02. The van der Waals surface area contributed by atoms with Gasteiger partial charge in [0.05, 0.1) is 12.0 Å². The van der Waals surface area contributed by atoms with Crippen LogP contribution < -0.4 is 5.56 Å². The third kappa shape index (κ3) is 2.85. The minimum atomic E-state index is -0.00309. The molecule has 1 aromatic rings. The van der Waals surface area contributed by atoms with Crippen molar-refractivity contribution in [1.82, 2.24) is 9.55 Å². The van der Waals surface area contributed by atoms with Gasteiger partial charge in [-0.3, -0.25) is 9.36 Å². The molecule has 0 fully saturated rings. The second kappa shape index (κ2) is 5.56. The number of hydrogen-bond donors (Lipinski definition) is 1. The smallest absolute Gasteiger partial charge is 0.267 e. The van der Waals surface area contributed by atoms with Gasteiger partial charge in [0.2, 0.25) is 0 Å². The Morgan fingerprint density at radius 2 is 2.29 bits per heavy atom. The lowest BCUT2D eigenvalue weighted by Gasteiger charge is -2.05. The van der Waals surface area contributed by atoms with Gasteiger partial charge in [-0.2, -0.15) is 12.6 Å². The number of aryl methyl sites for hydroxylation is 2. The van der Waals surface area contributed by atoms with Crippen LogP contribution in [0.5, 0.6) is 0 Å². The number of unbranched alkanes of at least 4 members (excludes halogenated alkanes) is 1. The molecule has 0 bridgehead atoms. The minimum absolute atomic E-state index is 0.00309. The maximum absolute atomic E-state index is 11.6. The average Bonchev–Trinajstić information content (AvgIpc) is 2.18. The Bertz CT molecular complexity index is 364. The van der Waals surface area contributed by atoms with E-state index in [2.05, 4.69) is 33.5 Å². The van der Waals surface area contributed by atoms with Crippen molar-refractivity contribution < 1.29 is 0 Å². The first-order chi connectivity index (χ1) is 6.66. The van der Waals surface area contributed by atoms with Gasteiger partial charge in [-0.05, 0) is 41.4 Å². The van der Waals surface area contributed by atoms with Gasteiger partial charge >= 0.3 is 0 Å². The molecule has 0 spiro atoms. The summed E-state index contributed by atoms with van der Waals surface area (Å²) in [6.45, 7) is 2.52. The highest BCUT2D eigenvalue weighted by Gasteiger charge is 2.04. The van der Waals surface area contributed by atoms with Gasteiger partial charge in [-0.15, -0.1) is 0 Å². The van der Waals surface area contributed by atoms with E-state index in [0.29, 0.717) is 11.0 Å². The molecule has 1 aromatic heterocycles. The number of halogens is 1. The van der Waals surface area contributed by atoms with Gasteiger partial charge in [0.1, 0.15) is 4.47 Å². The topological polar surface area (TPSA) is 34.9 Å². The van der Waals surface area contributed by atoms with E-state index in [-0.39, 0.29) is 5.56 Å². The summed E-state index contributed by atoms with van der Waals surface area (Å²) in [5, 5.41) is 0. The third-order valence-corrected chi connectivity index (χ3v) is 3.19. The van der Waals surface area contributed by atoms with Crippen LogP contribution in [0.15, 0.2) is 15.6 Å². The summed E-state index contributed by atoms with van der Waals surface area (Å²) in [4.78, 5) is 15.8. The number of nitrogens with zero attached hydrogens (tertiary/aromatic N) is 2. The highest BCUT2D eigenvalue weighted by atomic mass is 79.9. The molecule has 0 saturated carbocycles. The first-order valence-electron chi connectivity index (χ1n) is 4.49. The quantitative estimate of drug-likeness (QED) is 0.675. The molecule has 0 aliphatic heterocycles. The van der Waals surface area contributed by atoms with Crippen LogP contribution in [0.25, 0.3) is 0 Å². The fourth-order valence-electron chi connectivity index (χ4n) is 1.10. The lowest BCUT2D eigenvalue weighted by atomic mass is 10.3. The largest absolute Gasteiger partial charge is 0.298 e. The first kappa shape index (κ1) is 11.8. The zero-order valence-corrected chi connectivity index (χ0v) is 10.5. The van der Waals surface area contributed by atoms with Gasteiger partial charge in [0, 0.05) is 6.54 Å². The standard InChI is InChI=1S/C9H13BrN2OS/c1-7-8(10)9(13)12(6-11-7)4-2-3-5-14/h6,14H,2-5H2,1H3. The molecule has 3 nitrogen and oxygen atoms in total. The molecule has 0 aliphatic rings. The van der Waals surface area contributed by atoms with Crippen molar-refractivity contribution in [2.75, 3.05) is 5.75 Å². The van der Waals surface area contributed by atoms with Crippen LogP contribution in [0.4, 0.5) is 0 Å². The minimum Gasteiger partial charge on any atom is -0.298 e. The molecule has 1 rings (SSSR count). The van der Waals surface area contributed by atoms with Crippen LogP contribution >= 0.6 is 28.6 Å². The van der Waals surface area contributed by atoms with Crippen molar-refractivity contribution in [1.29, 1.82) is 0 Å². The maximum Gasteiger partial charge on any atom is 0.267 e. The van der Waals surface area contributed by atoms with Gasteiger partial charge in [0.15, 0.2) is 0 Å². The molecule has 0 atom stereocenters. The molecule has 0 radical (unpaired) electrons. The zero-order valence-electron chi connectivity index (χ0n) is 8.03. The summed E-state index contributed by atoms with van der Waals surface area (Å²) in [5.74, 6) is 0.856. The lowest BCUT2D eigenvalue weighted by Crippen LogP contribution is -2.22. The highest BCUT2D eigenvalue weighted by Crippen LogP contribution is 2.06. The van der Waals surface area contributed by atoms with E-state index in [4.69, 9.17) is 0 Å². The molecule has 5 heteroatoms. The van der Waals surface area contributed by atoms with E-state index in [1.54, 1.807) is 10.9 Å². The molecule has 14 heavy (non-hydrogen) atoms. The van der Waals surface area contributed by atoms with Gasteiger partial charge in [-0.1, -0.05) is 0 Å². The number of rotatable bonds is 4. The van der Waals surface area contributed by atoms with Crippen LogP contribution in [0, 0.1) is 6.92 Å². The molecular weight excluding hydrogens is 264 g/mol. The fourth-order valence-corrected chi connectivity index (χ4v) is 1.65. The van der Waals surface area contributed by atoms with Crippen LogP contribution in [0.3, 0.4) is 0 Å². The van der Waals surface area contributed by atoms with Gasteiger partial charge in [0.25, 0.3) is 5.56 Å². The van der Waals surface area contributed by atoms with Crippen molar-refractivity contribution in [2.24, 2.45) is 0 Å². The van der Waals surface area contributed by atoms with Gasteiger partial charge < -0.3 is 0 Å². The summed E-state index contributed by atoms with van der Waals surface area (Å²) in [6, 6.07) is 0. The summed E-state index contributed by atoms with van der Waals surface area (Å²) in [7, 11) is 0. The third-order valence-electron chi connectivity index (χ3n) is 1.96. The molecule has 0 amide bonds. The summed E-state index contributed by atoms with van der Waals surface area (Å²) in [6.07, 6.45) is 3.57. The van der Waals surface area contributed by atoms with Crippen molar-refractivity contribution in [3.05, 3.63) is 26.8 Å². The molecule has 0 saturated heterocycles. The Morgan fingerprint density at radius 1 is 1.57 bits per heavy atom. The molecular formula is C9H13BrN2OS. The van der Waals surface area contributed by atoms with Crippen LogP contribution in [-0.4, -0.2) is 15.3 Å². The second-order valence-corrected chi connectivity index (χ2v) is 4.31. The number of hydrogen-bond acceptors (Lipinski definition) is 3. The van der Waals surface area contributed by atoms with E-state index in [0.717, 1.165) is 24.3 Å². The van der Waals surface area contributed by atoms with E-state index in [1.165, 1.54) is 0 Å². The normalized spacial score (nSPS) is 10.5. The summed E-state index contributed by atoms with van der Waals surface area (Å²) in [5.41, 5.74) is 0.733. The van der Waals surface area contributed by atoms with E-state index < -0.39 is 0 Å². The van der Waals surface area contributed by atoms with Crippen molar-refractivity contribution >= 4 is 28.6 Å². The highest BCUT2D eigenvalue weighted by molar-refractivity contribution is 9.10. The summed E-state index contributed by atoms with van der Waals surface area (Å²) < 4.78 is 2.19. The molecule has 0 N–H and O–H groups in total. The van der Waals surface area contributed by atoms with E-state index in [1.807, 2.05) is 6.92 Å². The Labute approximate surface area is 97.1 Å². The lowest BCUT2D eigenvalue weighted by molar-refractivity contribution is 0.601. The Hall–Kier alpha value is -0.290. The van der Waals surface area contributed by atoms with Crippen LogP contribution in [0.1, 0.15) is 18.5 Å². The first-order valence-corrected chi connectivity index (χ1v) is 5.91. The van der Waals surface area contributed by atoms with Crippen molar-refractivity contribution in [3.8, 4) is 0 Å². The number of thiol groups is 1. The second-order valence-electron chi connectivity index (χ2n) is 3.07. The Balaban J connectivity index is 2.79. The molecule has 1 heterocycles. The average molecular weight is 277 g/mol. The van der Waals surface area contributed by atoms with E-state index >= 15 is 0 Å². The fraction of sp³-hybridized carbons (Fsp3) is 0.556. The SMILES string of the molecule is Cc1ncn(CCCCS)c(=O)c1Br. The number of aromatic nitrogens is 2. The molecule has 0 aliphatic carbocycles. The van der Waals surface area contributed by atoms with Crippen LogP contribution in [0.2, 0.25) is 0 Å². The Kier molecular flexibility index (Phi) is 4.68. The summed E-state index contributed by atoms with van der Waals surface area (Å²) >= 11 is 7.35. The maximum atomic E-state index is 11.6. The van der Waals surface area contributed by atoms with Crippen molar-refractivity contribution in [3.63, 3.8) is 0 Å². The van der Waals surface area contributed by atoms with Crippen LogP contribution in [-0.2, 0) is 6.54 Å². The molecule has 0 unspecified atom stereocenters.